The number of methoxy groups -OCH3 is 1. The van der Waals surface area contributed by atoms with Crippen molar-refractivity contribution in [3.05, 3.63) is 0 Å². The minimum Gasteiger partial charge on any atom is -0.469 e. The van der Waals surface area contributed by atoms with Gasteiger partial charge in [0.1, 0.15) is 0 Å². The van der Waals surface area contributed by atoms with Crippen LogP contribution in [-0.2, 0) is 9.53 Å². The Hall–Kier alpha value is -0.220. The summed E-state index contributed by atoms with van der Waals surface area (Å²) in [5.74, 6) is -0.138. The third-order valence-corrected chi connectivity index (χ3v) is 3.84. The van der Waals surface area contributed by atoms with E-state index in [-0.39, 0.29) is 5.97 Å². The molecule has 0 amide bonds. The zero-order valence-corrected chi connectivity index (χ0v) is 9.08. The van der Waals surface area contributed by atoms with Crippen LogP contribution in [0.2, 0.25) is 0 Å². The first-order chi connectivity index (χ1) is 6.22. The Labute approximate surface area is 83.6 Å². The van der Waals surface area contributed by atoms with Gasteiger partial charge in [0.05, 0.1) is 13.5 Å². The van der Waals surface area contributed by atoms with Crippen molar-refractivity contribution in [1.29, 1.82) is 0 Å². The van der Waals surface area contributed by atoms with Gasteiger partial charge >= 0.3 is 5.97 Å². The van der Waals surface area contributed by atoms with E-state index in [1.807, 2.05) is 11.8 Å². The van der Waals surface area contributed by atoms with Crippen LogP contribution in [0.25, 0.3) is 0 Å². The fraction of sp³-hybridized carbons (Fsp3) is 0.889. The first-order valence-corrected chi connectivity index (χ1v) is 5.77. The van der Waals surface area contributed by atoms with Crippen molar-refractivity contribution in [3.8, 4) is 0 Å². The Kier molecular flexibility index (Phi) is 4.06. The van der Waals surface area contributed by atoms with E-state index >= 15 is 0 Å². The van der Waals surface area contributed by atoms with Gasteiger partial charge in [-0.1, -0.05) is 0 Å². The molecule has 1 aliphatic carbocycles. The van der Waals surface area contributed by atoms with Gasteiger partial charge in [-0.05, 0) is 19.1 Å². The quantitative estimate of drug-likeness (QED) is 0.517. The fourth-order valence-electron chi connectivity index (χ4n) is 1.20. The lowest BCUT2D eigenvalue weighted by atomic mass is 10.3. The average molecular weight is 203 g/mol. The molecule has 13 heavy (non-hydrogen) atoms. The van der Waals surface area contributed by atoms with Gasteiger partial charge in [-0.3, -0.25) is 4.79 Å². The summed E-state index contributed by atoms with van der Waals surface area (Å²) < 4.78 is 5.02. The molecular weight excluding hydrogens is 186 g/mol. The van der Waals surface area contributed by atoms with Gasteiger partial charge in [0.25, 0.3) is 0 Å². The van der Waals surface area contributed by atoms with Crippen LogP contribution in [0, 0.1) is 0 Å². The van der Waals surface area contributed by atoms with Crippen LogP contribution in [0.1, 0.15) is 19.3 Å². The first-order valence-electron chi connectivity index (χ1n) is 4.55. The largest absolute Gasteiger partial charge is 0.469 e. The summed E-state index contributed by atoms with van der Waals surface area (Å²) in [6, 6.07) is 0. The first kappa shape index (κ1) is 10.9. The molecule has 0 aliphatic heterocycles. The highest BCUT2D eigenvalue weighted by Gasteiger charge is 2.41. The number of hydrogen-bond acceptors (Lipinski definition) is 4. The standard InChI is InChI=1S/C9H17NO2S/c1-12-8(11)3-6-10-7-9(13-2)4-5-9/h10H,3-7H2,1-2H3. The molecule has 1 saturated carbocycles. The molecule has 0 heterocycles. The zero-order chi connectivity index (χ0) is 9.73. The average Bonchev–Trinajstić information content (AvgIpc) is 2.93. The number of nitrogens with one attached hydrogen (secondary N) is 1. The SMILES string of the molecule is COC(=O)CCNCC1(SC)CC1. The van der Waals surface area contributed by atoms with Crippen molar-refractivity contribution in [3.63, 3.8) is 0 Å². The molecule has 0 unspecified atom stereocenters. The Morgan fingerprint density at radius 2 is 2.31 bits per heavy atom. The molecule has 1 fully saturated rings. The van der Waals surface area contributed by atoms with Crippen LogP contribution in [-0.4, -0.2) is 37.2 Å². The molecule has 76 valence electrons. The Balaban J connectivity index is 1.98. The number of thioether (sulfide) groups is 1. The molecule has 1 N–H and O–H groups in total. The van der Waals surface area contributed by atoms with E-state index in [9.17, 15) is 4.79 Å². The van der Waals surface area contributed by atoms with Crippen molar-refractivity contribution in [1.82, 2.24) is 5.32 Å². The number of rotatable bonds is 6. The summed E-state index contributed by atoms with van der Waals surface area (Å²) >= 11 is 1.92. The maximum atomic E-state index is 10.8. The second-order valence-corrected chi connectivity index (χ2v) is 4.66. The zero-order valence-electron chi connectivity index (χ0n) is 8.26. The lowest BCUT2D eigenvalue weighted by Gasteiger charge is -2.12. The second kappa shape index (κ2) is 4.86. The van der Waals surface area contributed by atoms with Gasteiger partial charge < -0.3 is 10.1 Å². The van der Waals surface area contributed by atoms with E-state index in [1.165, 1.54) is 20.0 Å². The maximum Gasteiger partial charge on any atom is 0.306 e. The van der Waals surface area contributed by atoms with E-state index in [0.717, 1.165) is 13.1 Å². The predicted molar refractivity (Wildman–Crippen MR) is 55.0 cm³/mol. The molecule has 4 heteroatoms. The third kappa shape index (κ3) is 3.56. The van der Waals surface area contributed by atoms with Crippen molar-refractivity contribution in [2.45, 2.75) is 24.0 Å². The molecule has 0 spiro atoms. The van der Waals surface area contributed by atoms with Crippen LogP contribution in [0.3, 0.4) is 0 Å². The highest BCUT2D eigenvalue weighted by atomic mass is 32.2. The van der Waals surface area contributed by atoms with Crippen molar-refractivity contribution >= 4 is 17.7 Å². The molecule has 0 aromatic carbocycles. The van der Waals surface area contributed by atoms with Crippen LogP contribution >= 0.6 is 11.8 Å². The van der Waals surface area contributed by atoms with Gasteiger partial charge in [-0.15, -0.1) is 0 Å². The summed E-state index contributed by atoms with van der Waals surface area (Å²) in [5, 5.41) is 3.28. The second-order valence-electron chi connectivity index (χ2n) is 3.39. The van der Waals surface area contributed by atoms with E-state index < -0.39 is 0 Å². The Morgan fingerprint density at radius 3 is 2.77 bits per heavy atom. The van der Waals surface area contributed by atoms with E-state index in [1.54, 1.807) is 0 Å². The molecule has 0 atom stereocenters. The molecule has 0 saturated heterocycles. The number of hydrogen-bond donors (Lipinski definition) is 1. The summed E-state index contributed by atoms with van der Waals surface area (Å²) in [5.41, 5.74) is 0. The topological polar surface area (TPSA) is 38.3 Å². The number of ether oxygens (including phenoxy) is 1. The lowest BCUT2D eigenvalue weighted by molar-refractivity contribution is -0.140. The third-order valence-electron chi connectivity index (χ3n) is 2.42. The lowest BCUT2D eigenvalue weighted by Crippen LogP contribution is -2.28. The molecule has 1 rings (SSSR count). The molecule has 0 bridgehead atoms. The van der Waals surface area contributed by atoms with Crippen LogP contribution in [0.15, 0.2) is 0 Å². The minimum atomic E-state index is -0.138. The minimum absolute atomic E-state index is 0.138. The maximum absolute atomic E-state index is 10.8. The van der Waals surface area contributed by atoms with Crippen molar-refractivity contribution in [2.24, 2.45) is 0 Å². The highest BCUT2D eigenvalue weighted by molar-refractivity contribution is 8.00. The van der Waals surface area contributed by atoms with Crippen molar-refractivity contribution in [2.75, 3.05) is 26.5 Å². The molecule has 0 aromatic rings. The summed E-state index contributed by atoms with van der Waals surface area (Å²) in [6.45, 7) is 1.75. The normalized spacial score (nSPS) is 18.3. The molecule has 0 radical (unpaired) electrons. The van der Waals surface area contributed by atoms with Gasteiger partial charge in [0, 0.05) is 17.8 Å². The van der Waals surface area contributed by atoms with E-state index in [0.29, 0.717) is 11.2 Å². The summed E-state index contributed by atoms with van der Waals surface area (Å²) in [6.07, 6.45) is 5.23. The molecule has 1 aliphatic rings. The van der Waals surface area contributed by atoms with Gasteiger partial charge in [-0.25, -0.2) is 0 Å². The predicted octanol–water partition coefficient (Wildman–Crippen LogP) is 1.03. The van der Waals surface area contributed by atoms with Crippen LogP contribution in [0.4, 0.5) is 0 Å². The molecule has 0 aromatic heterocycles. The van der Waals surface area contributed by atoms with Crippen LogP contribution < -0.4 is 5.32 Å². The smallest absolute Gasteiger partial charge is 0.306 e. The number of esters is 1. The number of carbonyl (C=O) groups is 1. The fourth-order valence-corrected chi connectivity index (χ4v) is 1.96. The Morgan fingerprint density at radius 1 is 1.62 bits per heavy atom. The number of carbonyl (C=O) groups excluding carboxylic acids is 1. The van der Waals surface area contributed by atoms with Crippen LogP contribution in [0.5, 0.6) is 0 Å². The van der Waals surface area contributed by atoms with Gasteiger partial charge in [-0.2, -0.15) is 11.8 Å². The highest BCUT2D eigenvalue weighted by Crippen LogP contribution is 2.46. The monoisotopic (exact) mass is 203 g/mol. The molecular formula is C9H17NO2S. The van der Waals surface area contributed by atoms with Gasteiger partial charge in [0.2, 0.25) is 0 Å². The summed E-state index contributed by atoms with van der Waals surface area (Å²) in [4.78, 5) is 10.8. The van der Waals surface area contributed by atoms with Gasteiger partial charge in [0.15, 0.2) is 0 Å². The van der Waals surface area contributed by atoms with E-state index in [2.05, 4.69) is 16.3 Å². The summed E-state index contributed by atoms with van der Waals surface area (Å²) in [7, 11) is 1.42. The van der Waals surface area contributed by atoms with Crippen molar-refractivity contribution < 1.29 is 9.53 Å². The Bertz CT molecular complexity index is 180. The van der Waals surface area contributed by atoms with E-state index in [4.69, 9.17) is 0 Å². The molecule has 3 nitrogen and oxygen atoms in total.